The molecule has 2 N–H and O–H groups in total. The quantitative estimate of drug-likeness (QED) is 0.343. The van der Waals surface area contributed by atoms with Gasteiger partial charge in [-0.2, -0.15) is 0 Å². The van der Waals surface area contributed by atoms with E-state index in [-0.39, 0.29) is 30.9 Å². The number of rotatable bonds is 6. The Labute approximate surface area is 202 Å². The van der Waals surface area contributed by atoms with Crippen molar-refractivity contribution in [2.45, 2.75) is 23.3 Å². The number of hydrogen-bond donors (Lipinski definition) is 1. The molecule has 1 aliphatic heterocycles. The van der Waals surface area contributed by atoms with Crippen LogP contribution in [0.4, 0.5) is 5.69 Å². The monoisotopic (exact) mass is 507 g/mol. The third kappa shape index (κ3) is 5.56. The van der Waals surface area contributed by atoms with Crippen molar-refractivity contribution in [3.63, 3.8) is 0 Å². The van der Waals surface area contributed by atoms with Gasteiger partial charge >= 0.3 is 0 Å². The Bertz CT molecular complexity index is 961. The van der Waals surface area contributed by atoms with Crippen molar-refractivity contribution >= 4 is 65.5 Å². The number of benzene rings is 2. The van der Waals surface area contributed by atoms with E-state index in [9.17, 15) is 0 Å². The van der Waals surface area contributed by atoms with Gasteiger partial charge in [-0.3, -0.25) is 0 Å². The van der Waals surface area contributed by atoms with E-state index in [2.05, 4.69) is 4.98 Å². The number of para-hydroxylation sites is 1. The maximum absolute atomic E-state index is 6.49. The highest BCUT2D eigenvalue weighted by atomic mass is 35.5. The molecule has 0 aliphatic carbocycles. The maximum atomic E-state index is 6.49. The molecule has 0 spiro atoms. The molecule has 2 atom stereocenters. The number of thioether (sulfide) groups is 1. The number of halogens is 4. The number of imidazole rings is 1. The molecule has 30 heavy (non-hydrogen) atoms. The molecule has 10 heteroatoms. The zero-order valence-electron chi connectivity index (χ0n) is 15.7. The number of nitrogens with zero attached hydrogens (tertiary/aromatic N) is 2. The molecule has 0 saturated carbocycles. The van der Waals surface area contributed by atoms with E-state index < -0.39 is 5.79 Å². The topological polar surface area (TPSA) is 62.3 Å². The van der Waals surface area contributed by atoms with Crippen molar-refractivity contribution in [1.82, 2.24) is 9.55 Å². The first-order valence-corrected chi connectivity index (χ1v) is 10.5. The minimum absolute atomic E-state index is 0. The number of anilines is 1. The molecule has 2 aromatic carbocycles. The van der Waals surface area contributed by atoms with Crippen LogP contribution in [0.3, 0.4) is 0 Å². The summed E-state index contributed by atoms with van der Waals surface area (Å²) in [5.74, 6) is -0.291. The third-order valence-electron chi connectivity index (χ3n) is 4.49. The van der Waals surface area contributed by atoms with Crippen LogP contribution in [0, 0.1) is 0 Å². The second-order valence-corrected chi connectivity index (χ2v) is 8.42. The predicted octanol–water partition coefficient (Wildman–Crippen LogP) is 5.68. The smallest absolute Gasteiger partial charge is 0.215 e. The Morgan fingerprint density at radius 1 is 1.20 bits per heavy atom. The summed E-state index contributed by atoms with van der Waals surface area (Å²) in [7, 11) is 0. The van der Waals surface area contributed by atoms with E-state index in [4.69, 9.17) is 38.4 Å². The van der Waals surface area contributed by atoms with Crippen LogP contribution in [0.2, 0.25) is 10.0 Å². The number of hydrogen-bond acceptors (Lipinski definition) is 5. The summed E-state index contributed by atoms with van der Waals surface area (Å²) in [6.07, 6.45) is 5.20. The SMILES string of the molecule is Cl.Cl.Nc1ccccc1SCC1COC(Cn2ccnc2)(c2ccc(Cl)cc2Cl)O1. The van der Waals surface area contributed by atoms with Crippen LogP contribution in [-0.4, -0.2) is 28.0 Å². The average Bonchev–Trinajstić information content (AvgIpc) is 3.32. The molecule has 3 aromatic rings. The molecule has 0 bridgehead atoms. The minimum atomic E-state index is -1.00. The summed E-state index contributed by atoms with van der Waals surface area (Å²) in [5, 5.41) is 1.07. The minimum Gasteiger partial charge on any atom is -0.398 e. The molecule has 1 aliphatic rings. The summed E-state index contributed by atoms with van der Waals surface area (Å²) in [6.45, 7) is 0.885. The highest BCUT2D eigenvalue weighted by Gasteiger charge is 2.45. The molecule has 4 rings (SSSR count). The van der Waals surface area contributed by atoms with Crippen LogP contribution >= 0.6 is 59.8 Å². The van der Waals surface area contributed by atoms with E-state index in [0.717, 1.165) is 16.1 Å². The van der Waals surface area contributed by atoms with E-state index in [1.165, 1.54) is 0 Å². The van der Waals surface area contributed by atoms with Gasteiger partial charge < -0.3 is 19.8 Å². The number of nitrogen functional groups attached to an aromatic ring is 1. The van der Waals surface area contributed by atoms with Gasteiger partial charge in [0.2, 0.25) is 5.79 Å². The molecule has 2 unspecified atom stereocenters. The Balaban J connectivity index is 0.00000160. The lowest BCUT2D eigenvalue weighted by molar-refractivity contribution is -0.184. The average molecular weight is 509 g/mol. The molecule has 1 saturated heterocycles. The van der Waals surface area contributed by atoms with Gasteiger partial charge in [0.25, 0.3) is 0 Å². The lowest BCUT2D eigenvalue weighted by atomic mass is 10.1. The van der Waals surface area contributed by atoms with Crippen LogP contribution in [0.1, 0.15) is 5.56 Å². The molecule has 2 heterocycles. The van der Waals surface area contributed by atoms with Crippen LogP contribution in [-0.2, 0) is 21.8 Å². The molecule has 1 aromatic heterocycles. The zero-order chi connectivity index (χ0) is 19.6. The van der Waals surface area contributed by atoms with Crippen molar-refractivity contribution in [2.24, 2.45) is 0 Å². The largest absolute Gasteiger partial charge is 0.398 e. The number of ether oxygens (including phenoxy) is 2. The van der Waals surface area contributed by atoms with Gasteiger partial charge in [0, 0.05) is 39.3 Å². The van der Waals surface area contributed by atoms with Crippen molar-refractivity contribution in [3.05, 3.63) is 76.8 Å². The van der Waals surface area contributed by atoms with Gasteiger partial charge in [-0.25, -0.2) is 4.98 Å². The van der Waals surface area contributed by atoms with E-state index >= 15 is 0 Å². The van der Waals surface area contributed by atoms with Gasteiger partial charge in [0.05, 0.1) is 30.6 Å². The first-order valence-electron chi connectivity index (χ1n) is 8.76. The fourth-order valence-corrected chi connectivity index (χ4v) is 4.66. The molecular formula is C20H21Cl4N3O2S. The number of aromatic nitrogens is 2. The van der Waals surface area contributed by atoms with Crippen LogP contribution < -0.4 is 5.73 Å². The van der Waals surface area contributed by atoms with Gasteiger partial charge in [0.1, 0.15) is 0 Å². The van der Waals surface area contributed by atoms with Crippen molar-refractivity contribution < 1.29 is 9.47 Å². The van der Waals surface area contributed by atoms with E-state index in [1.807, 2.05) is 41.1 Å². The lowest BCUT2D eigenvalue weighted by Gasteiger charge is -2.30. The van der Waals surface area contributed by atoms with Crippen molar-refractivity contribution in [3.8, 4) is 0 Å². The first-order chi connectivity index (χ1) is 13.6. The van der Waals surface area contributed by atoms with Gasteiger partial charge in [0.15, 0.2) is 0 Å². The maximum Gasteiger partial charge on any atom is 0.215 e. The molecule has 1 fully saturated rings. The fourth-order valence-electron chi connectivity index (χ4n) is 3.17. The second kappa shape index (κ2) is 11.0. The van der Waals surface area contributed by atoms with Gasteiger partial charge in [-0.1, -0.05) is 41.4 Å². The summed E-state index contributed by atoms with van der Waals surface area (Å²) in [5.41, 5.74) is 7.55. The molecule has 5 nitrogen and oxygen atoms in total. The fraction of sp³-hybridized carbons (Fsp3) is 0.250. The van der Waals surface area contributed by atoms with Gasteiger partial charge in [-0.05, 0) is 24.3 Å². The van der Waals surface area contributed by atoms with Crippen molar-refractivity contribution in [2.75, 3.05) is 18.1 Å². The summed E-state index contributed by atoms with van der Waals surface area (Å²) in [6, 6.07) is 13.1. The first kappa shape index (κ1) is 25.1. The lowest BCUT2D eigenvalue weighted by Crippen LogP contribution is -2.34. The van der Waals surface area contributed by atoms with Crippen LogP contribution in [0.5, 0.6) is 0 Å². The molecule has 0 radical (unpaired) electrons. The van der Waals surface area contributed by atoms with E-state index in [0.29, 0.717) is 28.9 Å². The standard InChI is InChI=1S/C20H19Cl2N3O2S.2ClH/c21-14-5-6-16(17(22)9-14)20(12-25-8-7-24-13-25)26-10-15(27-20)11-28-19-4-2-1-3-18(19)23;;/h1-9,13,15H,10-12,23H2;2*1H. The molecule has 162 valence electrons. The number of nitrogens with two attached hydrogens (primary N) is 1. The van der Waals surface area contributed by atoms with E-state index in [1.54, 1.807) is 36.4 Å². The van der Waals surface area contributed by atoms with Crippen LogP contribution in [0.15, 0.2) is 66.1 Å². The molecular weight excluding hydrogens is 488 g/mol. The Morgan fingerprint density at radius 3 is 2.70 bits per heavy atom. The third-order valence-corrected chi connectivity index (χ3v) is 6.26. The predicted molar refractivity (Wildman–Crippen MR) is 127 cm³/mol. The highest BCUT2D eigenvalue weighted by Crippen LogP contribution is 2.41. The van der Waals surface area contributed by atoms with Gasteiger partial charge in [-0.15, -0.1) is 36.6 Å². The Hall–Kier alpha value is -1.12. The zero-order valence-corrected chi connectivity index (χ0v) is 19.7. The summed E-state index contributed by atoms with van der Waals surface area (Å²) in [4.78, 5) is 5.14. The Kier molecular flexibility index (Phi) is 9.18. The highest BCUT2D eigenvalue weighted by molar-refractivity contribution is 7.99. The normalized spacial score (nSPS) is 20.4. The summed E-state index contributed by atoms with van der Waals surface area (Å²) < 4.78 is 14.6. The summed E-state index contributed by atoms with van der Waals surface area (Å²) >= 11 is 14.2. The Morgan fingerprint density at radius 2 is 2.00 bits per heavy atom. The second-order valence-electron chi connectivity index (χ2n) is 6.51. The van der Waals surface area contributed by atoms with Crippen LogP contribution in [0.25, 0.3) is 0 Å². The molecule has 0 amide bonds. The van der Waals surface area contributed by atoms with Crippen molar-refractivity contribution in [1.29, 1.82) is 0 Å².